The van der Waals surface area contributed by atoms with Crippen LogP contribution in [0.5, 0.6) is 0 Å². The number of aromatic nitrogens is 2. The molecule has 0 spiro atoms. The Morgan fingerprint density at radius 1 is 1.35 bits per heavy atom. The first-order valence-electron chi connectivity index (χ1n) is 8.72. The molecule has 0 amide bonds. The Bertz CT molecular complexity index is 602. The zero-order chi connectivity index (χ0) is 17.1. The lowest BCUT2D eigenvalue weighted by Crippen LogP contribution is -2.42. The van der Waals surface area contributed by atoms with Gasteiger partial charge >= 0.3 is 0 Å². The van der Waals surface area contributed by atoms with Gasteiger partial charge in [0.05, 0.1) is 5.75 Å². The lowest BCUT2D eigenvalue weighted by atomic mass is 9.91. The number of nitrogens with zero attached hydrogens (tertiary/aromatic N) is 3. The van der Waals surface area contributed by atoms with Crippen molar-refractivity contribution in [3.8, 4) is 0 Å². The molecule has 1 atom stereocenters. The fraction of sp³-hybridized carbons (Fsp3) is 0.824. The molecule has 0 bridgehead atoms. The van der Waals surface area contributed by atoms with Crippen molar-refractivity contribution in [2.24, 2.45) is 5.41 Å². The maximum atomic E-state index is 12.6. The number of hydrogen-bond donors (Lipinski definition) is 0. The van der Waals surface area contributed by atoms with Gasteiger partial charge in [-0.3, -0.25) is 0 Å². The highest BCUT2D eigenvalue weighted by Crippen LogP contribution is 2.26. The number of rotatable bonds is 6. The first-order valence-corrected chi connectivity index (χ1v) is 10.3. The van der Waals surface area contributed by atoms with Crippen molar-refractivity contribution in [1.82, 2.24) is 13.9 Å². The molecule has 2 rings (SSSR count). The van der Waals surface area contributed by atoms with E-state index in [1.165, 1.54) is 0 Å². The van der Waals surface area contributed by atoms with Gasteiger partial charge in [0.15, 0.2) is 0 Å². The standard InChI is InChI=1S/C17H31N3O2S/c1-5-16-18-10-12-20(16)15-8-6-11-19(14-15)23(21,22)13-7-9-17(2,3)4/h10,12,15H,5-9,11,13-14H2,1-4H3/t15-/m0/s1. The summed E-state index contributed by atoms with van der Waals surface area (Å²) in [6, 6.07) is 0.221. The molecule has 0 aliphatic carbocycles. The molecular weight excluding hydrogens is 310 g/mol. The Morgan fingerprint density at radius 3 is 2.74 bits per heavy atom. The van der Waals surface area contributed by atoms with E-state index >= 15 is 0 Å². The van der Waals surface area contributed by atoms with E-state index in [0.717, 1.165) is 37.9 Å². The summed E-state index contributed by atoms with van der Waals surface area (Å²) in [4.78, 5) is 4.37. The first-order chi connectivity index (χ1) is 10.7. The average molecular weight is 342 g/mol. The Hall–Kier alpha value is -0.880. The molecule has 23 heavy (non-hydrogen) atoms. The van der Waals surface area contributed by atoms with Crippen molar-refractivity contribution >= 4 is 10.0 Å². The molecule has 1 saturated heterocycles. The predicted molar refractivity (Wildman–Crippen MR) is 93.9 cm³/mol. The van der Waals surface area contributed by atoms with Crippen LogP contribution in [0.3, 0.4) is 0 Å². The normalized spacial score (nSPS) is 20.8. The summed E-state index contributed by atoms with van der Waals surface area (Å²) in [5.74, 6) is 1.31. The zero-order valence-corrected chi connectivity index (χ0v) is 15.8. The molecule has 6 heteroatoms. The summed E-state index contributed by atoms with van der Waals surface area (Å²) in [7, 11) is -3.15. The highest BCUT2D eigenvalue weighted by Gasteiger charge is 2.30. The zero-order valence-electron chi connectivity index (χ0n) is 15.0. The van der Waals surface area contributed by atoms with Crippen LogP contribution in [0.2, 0.25) is 0 Å². The second-order valence-electron chi connectivity index (χ2n) is 7.74. The van der Waals surface area contributed by atoms with E-state index in [2.05, 4.69) is 37.2 Å². The molecule has 0 N–H and O–H groups in total. The van der Waals surface area contributed by atoms with Crippen molar-refractivity contribution in [2.75, 3.05) is 18.8 Å². The number of imidazole rings is 1. The number of hydrogen-bond acceptors (Lipinski definition) is 3. The minimum atomic E-state index is -3.15. The minimum Gasteiger partial charge on any atom is -0.331 e. The molecule has 2 heterocycles. The van der Waals surface area contributed by atoms with Crippen LogP contribution in [-0.2, 0) is 16.4 Å². The number of piperidine rings is 1. The van der Waals surface area contributed by atoms with Crippen molar-refractivity contribution in [2.45, 2.75) is 65.8 Å². The Morgan fingerprint density at radius 2 is 2.09 bits per heavy atom. The second-order valence-corrected chi connectivity index (χ2v) is 9.83. The molecule has 1 aliphatic heterocycles. The topological polar surface area (TPSA) is 55.2 Å². The summed E-state index contributed by atoms with van der Waals surface area (Å²) in [5, 5.41) is 0. The van der Waals surface area contributed by atoms with Crippen LogP contribution in [0.15, 0.2) is 12.4 Å². The van der Waals surface area contributed by atoms with Gasteiger partial charge in [-0.05, 0) is 31.1 Å². The Labute approximate surface area is 141 Å². The SMILES string of the molecule is CCc1nccn1[C@H]1CCCN(S(=O)(=O)CCCC(C)(C)C)C1. The monoisotopic (exact) mass is 341 g/mol. The van der Waals surface area contributed by atoms with Crippen molar-refractivity contribution in [1.29, 1.82) is 0 Å². The van der Waals surface area contributed by atoms with E-state index in [9.17, 15) is 8.42 Å². The van der Waals surface area contributed by atoms with Crippen LogP contribution < -0.4 is 0 Å². The molecule has 5 nitrogen and oxygen atoms in total. The van der Waals surface area contributed by atoms with Crippen molar-refractivity contribution in [3.63, 3.8) is 0 Å². The lowest BCUT2D eigenvalue weighted by Gasteiger charge is -2.33. The third-order valence-corrected chi connectivity index (χ3v) is 6.46. The van der Waals surface area contributed by atoms with Crippen LogP contribution in [-0.4, -0.2) is 41.1 Å². The second kappa shape index (κ2) is 7.34. The van der Waals surface area contributed by atoms with Gasteiger partial charge in [0, 0.05) is 37.9 Å². The van der Waals surface area contributed by atoms with Gasteiger partial charge in [-0.2, -0.15) is 4.31 Å². The van der Waals surface area contributed by atoms with Crippen LogP contribution in [0.4, 0.5) is 0 Å². The van der Waals surface area contributed by atoms with E-state index in [1.54, 1.807) is 4.31 Å². The lowest BCUT2D eigenvalue weighted by molar-refractivity contribution is 0.262. The molecule has 0 saturated carbocycles. The highest BCUT2D eigenvalue weighted by molar-refractivity contribution is 7.89. The van der Waals surface area contributed by atoms with Gasteiger partial charge in [0.2, 0.25) is 10.0 Å². The quantitative estimate of drug-likeness (QED) is 0.798. The van der Waals surface area contributed by atoms with E-state index in [4.69, 9.17) is 0 Å². The summed E-state index contributed by atoms with van der Waals surface area (Å²) in [6.45, 7) is 9.79. The summed E-state index contributed by atoms with van der Waals surface area (Å²) in [6.07, 6.45) is 8.29. The number of sulfonamides is 1. The molecule has 1 aromatic rings. The third-order valence-electron chi connectivity index (χ3n) is 4.54. The molecule has 132 valence electrons. The molecule has 1 aromatic heterocycles. The fourth-order valence-electron chi connectivity index (χ4n) is 3.26. The van der Waals surface area contributed by atoms with Gasteiger partial charge in [-0.25, -0.2) is 13.4 Å². The van der Waals surface area contributed by atoms with Crippen molar-refractivity contribution in [3.05, 3.63) is 18.2 Å². The first kappa shape index (κ1) is 18.5. The third kappa shape index (κ3) is 5.05. The van der Waals surface area contributed by atoms with Crippen LogP contribution in [0, 0.1) is 5.41 Å². The predicted octanol–water partition coefficient (Wildman–Crippen LogP) is 3.24. The summed E-state index contributed by atoms with van der Waals surface area (Å²) in [5.41, 5.74) is 0.187. The van der Waals surface area contributed by atoms with Gasteiger partial charge in [-0.15, -0.1) is 0 Å². The van der Waals surface area contributed by atoms with Gasteiger partial charge < -0.3 is 4.57 Å². The van der Waals surface area contributed by atoms with E-state index in [-0.39, 0.29) is 17.2 Å². The van der Waals surface area contributed by atoms with Gasteiger partial charge in [0.25, 0.3) is 0 Å². The Balaban J connectivity index is 2.00. The molecule has 0 radical (unpaired) electrons. The maximum Gasteiger partial charge on any atom is 0.214 e. The smallest absolute Gasteiger partial charge is 0.214 e. The highest BCUT2D eigenvalue weighted by atomic mass is 32.2. The van der Waals surface area contributed by atoms with E-state index in [0.29, 0.717) is 13.1 Å². The van der Waals surface area contributed by atoms with Crippen LogP contribution in [0.25, 0.3) is 0 Å². The molecule has 1 aliphatic rings. The molecule has 1 fully saturated rings. The molecule has 0 aromatic carbocycles. The van der Waals surface area contributed by atoms with E-state index in [1.807, 2.05) is 12.4 Å². The fourth-order valence-corrected chi connectivity index (χ4v) is 4.84. The molecule has 0 unspecified atom stereocenters. The average Bonchev–Trinajstić information content (AvgIpc) is 2.94. The van der Waals surface area contributed by atoms with Crippen LogP contribution >= 0.6 is 0 Å². The van der Waals surface area contributed by atoms with Gasteiger partial charge in [0.1, 0.15) is 5.82 Å². The minimum absolute atomic E-state index is 0.187. The van der Waals surface area contributed by atoms with Crippen LogP contribution in [0.1, 0.15) is 65.2 Å². The van der Waals surface area contributed by atoms with E-state index < -0.39 is 10.0 Å². The summed E-state index contributed by atoms with van der Waals surface area (Å²) < 4.78 is 29.1. The Kier molecular flexibility index (Phi) is 5.89. The largest absolute Gasteiger partial charge is 0.331 e. The molecular formula is C17H31N3O2S. The summed E-state index contributed by atoms with van der Waals surface area (Å²) >= 11 is 0. The van der Waals surface area contributed by atoms with Crippen molar-refractivity contribution < 1.29 is 8.42 Å². The number of aryl methyl sites for hydroxylation is 1. The maximum absolute atomic E-state index is 12.6. The van der Waals surface area contributed by atoms with Gasteiger partial charge in [-0.1, -0.05) is 27.7 Å².